The molecule has 0 aliphatic heterocycles. The van der Waals surface area contributed by atoms with E-state index in [1.54, 1.807) is 17.1 Å². The van der Waals surface area contributed by atoms with Crippen LogP contribution in [0.5, 0.6) is 17.2 Å². The van der Waals surface area contributed by atoms with Crippen LogP contribution in [0.4, 0.5) is 5.95 Å². The van der Waals surface area contributed by atoms with E-state index in [1.807, 2.05) is 0 Å². The lowest BCUT2D eigenvalue weighted by Crippen LogP contribution is -2.07. The highest BCUT2D eigenvalue weighted by atomic mass is 35.5. The van der Waals surface area contributed by atoms with Crippen molar-refractivity contribution in [3.63, 3.8) is 0 Å². The third-order valence-corrected chi connectivity index (χ3v) is 3.68. The summed E-state index contributed by atoms with van der Waals surface area (Å²) in [5.41, 5.74) is 7.24. The molecule has 0 unspecified atom stereocenters. The molecule has 3 aromatic rings. The molecule has 9 nitrogen and oxygen atoms in total. The Morgan fingerprint density at radius 1 is 1.08 bits per heavy atom. The van der Waals surface area contributed by atoms with Crippen LogP contribution < -0.4 is 19.9 Å². The van der Waals surface area contributed by atoms with Crippen LogP contribution in [0.1, 0.15) is 5.69 Å². The molecule has 126 valence electrons. The first-order chi connectivity index (χ1) is 11.6. The van der Waals surface area contributed by atoms with Crippen LogP contribution in [0.25, 0.3) is 11.2 Å². The average Bonchev–Trinajstić information content (AvgIpc) is 2.97. The molecule has 3 heterocycles. The van der Waals surface area contributed by atoms with E-state index in [4.69, 9.17) is 31.5 Å². The molecule has 0 saturated carbocycles. The maximum atomic E-state index is 6.04. The Balaban J connectivity index is 2.09. The van der Waals surface area contributed by atoms with Gasteiger partial charge in [-0.15, -0.1) is 0 Å². The number of fused-ring (bicyclic) bond motifs is 1. The summed E-state index contributed by atoms with van der Waals surface area (Å²) < 4.78 is 17.8. The second-order valence-corrected chi connectivity index (χ2v) is 5.12. The monoisotopic (exact) mass is 350 g/mol. The van der Waals surface area contributed by atoms with Crippen LogP contribution in [0.3, 0.4) is 0 Å². The molecule has 3 aromatic heterocycles. The van der Waals surface area contributed by atoms with Gasteiger partial charge in [-0.2, -0.15) is 9.97 Å². The fourth-order valence-electron chi connectivity index (χ4n) is 2.36. The molecule has 10 heteroatoms. The number of halogens is 1. The molecular formula is C14H15ClN6O3. The molecule has 24 heavy (non-hydrogen) atoms. The summed E-state index contributed by atoms with van der Waals surface area (Å²) in [6, 6.07) is 0. The first-order valence-electron chi connectivity index (χ1n) is 6.86. The van der Waals surface area contributed by atoms with Gasteiger partial charge in [-0.25, -0.2) is 4.98 Å². The standard InChI is InChI=1S/C14H15ClN6O3/c1-22-8-4-17-7(10(23-2)11(8)24-3)5-21-6-18-9-12(15)19-14(16)20-13(9)21/h4,6H,5H2,1-3H3,(H2,16,19,20). The predicted molar refractivity (Wildman–Crippen MR) is 87.7 cm³/mol. The van der Waals surface area contributed by atoms with Crippen molar-refractivity contribution in [3.8, 4) is 17.2 Å². The number of anilines is 1. The van der Waals surface area contributed by atoms with Crippen molar-refractivity contribution in [3.05, 3.63) is 23.4 Å². The normalized spacial score (nSPS) is 10.8. The summed E-state index contributed by atoms with van der Waals surface area (Å²) in [5.74, 6) is 1.47. The van der Waals surface area contributed by atoms with E-state index in [1.165, 1.54) is 21.3 Å². The van der Waals surface area contributed by atoms with Gasteiger partial charge in [0.2, 0.25) is 11.7 Å². The Bertz CT molecular complexity index is 898. The van der Waals surface area contributed by atoms with Crippen molar-refractivity contribution in [2.45, 2.75) is 6.54 Å². The summed E-state index contributed by atoms with van der Waals surface area (Å²) in [5, 5.41) is 0.198. The van der Waals surface area contributed by atoms with Gasteiger partial charge in [0.25, 0.3) is 0 Å². The summed E-state index contributed by atoms with van der Waals surface area (Å²) >= 11 is 6.04. The van der Waals surface area contributed by atoms with Crippen molar-refractivity contribution in [1.82, 2.24) is 24.5 Å². The van der Waals surface area contributed by atoms with Crippen molar-refractivity contribution in [2.75, 3.05) is 27.1 Å². The van der Waals surface area contributed by atoms with Gasteiger partial charge in [-0.1, -0.05) is 11.6 Å². The first-order valence-corrected chi connectivity index (χ1v) is 7.24. The lowest BCUT2D eigenvalue weighted by molar-refractivity contribution is 0.318. The van der Waals surface area contributed by atoms with Crippen LogP contribution >= 0.6 is 11.6 Å². The minimum absolute atomic E-state index is 0.0708. The first kappa shape index (κ1) is 16.1. The Morgan fingerprint density at radius 2 is 1.83 bits per heavy atom. The maximum absolute atomic E-state index is 6.04. The van der Waals surface area contributed by atoms with Gasteiger partial charge in [0.05, 0.1) is 40.4 Å². The molecule has 0 aliphatic carbocycles. The number of nitrogens with zero attached hydrogens (tertiary/aromatic N) is 5. The highest BCUT2D eigenvalue weighted by Gasteiger charge is 2.19. The third-order valence-electron chi connectivity index (χ3n) is 3.42. The number of ether oxygens (including phenoxy) is 3. The van der Waals surface area contributed by atoms with E-state index in [-0.39, 0.29) is 11.1 Å². The van der Waals surface area contributed by atoms with Crippen molar-refractivity contribution < 1.29 is 14.2 Å². The fraction of sp³-hybridized carbons (Fsp3) is 0.286. The van der Waals surface area contributed by atoms with E-state index >= 15 is 0 Å². The Kier molecular flexibility index (Phi) is 4.26. The quantitative estimate of drug-likeness (QED) is 0.690. The van der Waals surface area contributed by atoms with E-state index in [0.29, 0.717) is 40.7 Å². The summed E-state index contributed by atoms with van der Waals surface area (Å²) in [4.78, 5) is 16.7. The molecule has 0 bridgehead atoms. The smallest absolute Gasteiger partial charge is 0.223 e. The summed E-state index contributed by atoms with van der Waals surface area (Å²) in [6.45, 7) is 0.326. The molecule has 0 aromatic carbocycles. The lowest BCUT2D eigenvalue weighted by atomic mass is 10.2. The van der Waals surface area contributed by atoms with Crippen LogP contribution in [0.2, 0.25) is 5.15 Å². The van der Waals surface area contributed by atoms with Gasteiger partial charge in [0, 0.05) is 0 Å². The Morgan fingerprint density at radius 3 is 2.50 bits per heavy atom. The highest BCUT2D eigenvalue weighted by Crippen LogP contribution is 2.38. The second-order valence-electron chi connectivity index (χ2n) is 4.76. The lowest BCUT2D eigenvalue weighted by Gasteiger charge is -2.15. The Hall–Kier alpha value is -2.81. The molecule has 2 N–H and O–H groups in total. The van der Waals surface area contributed by atoms with Crippen LogP contribution in [0, 0.1) is 0 Å². The molecule has 0 radical (unpaired) electrons. The third kappa shape index (κ3) is 2.62. The molecule has 0 fully saturated rings. The van der Waals surface area contributed by atoms with E-state index in [2.05, 4.69) is 19.9 Å². The largest absolute Gasteiger partial charge is 0.491 e. The number of imidazole rings is 1. The SMILES string of the molecule is COc1cnc(Cn2cnc3c(Cl)nc(N)nc32)c(OC)c1OC. The average molecular weight is 351 g/mol. The zero-order chi connectivity index (χ0) is 17.3. The molecule has 0 aliphatic rings. The van der Waals surface area contributed by atoms with Crippen molar-refractivity contribution in [1.29, 1.82) is 0 Å². The minimum Gasteiger partial charge on any atom is -0.491 e. The van der Waals surface area contributed by atoms with Crippen LogP contribution in [0.15, 0.2) is 12.5 Å². The molecule has 0 saturated heterocycles. The maximum Gasteiger partial charge on any atom is 0.223 e. The van der Waals surface area contributed by atoms with E-state index in [0.717, 1.165) is 0 Å². The second kappa shape index (κ2) is 6.36. The number of pyridine rings is 1. The van der Waals surface area contributed by atoms with Gasteiger partial charge in [0.1, 0.15) is 11.2 Å². The van der Waals surface area contributed by atoms with Gasteiger partial charge < -0.3 is 24.5 Å². The number of nitrogen functional groups attached to an aromatic ring is 1. The van der Waals surface area contributed by atoms with E-state index in [9.17, 15) is 0 Å². The summed E-state index contributed by atoms with van der Waals surface area (Å²) in [7, 11) is 4.60. The summed E-state index contributed by atoms with van der Waals surface area (Å²) in [6.07, 6.45) is 3.15. The fourth-order valence-corrected chi connectivity index (χ4v) is 2.58. The van der Waals surface area contributed by atoms with Crippen LogP contribution in [-0.4, -0.2) is 45.8 Å². The van der Waals surface area contributed by atoms with Gasteiger partial charge in [-0.3, -0.25) is 4.98 Å². The number of hydrogen-bond acceptors (Lipinski definition) is 8. The number of aromatic nitrogens is 5. The van der Waals surface area contributed by atoms with Crippen molar-refractivity contribution in [2.24, 2.45) is 0 Å². The van der Waals surface area contributed by atoms with E-state index < -0.39 is 0 Å². The molecule has 0 amide bonds. The molecule has 0 spiro atoms. The molecule has 3 rings (SSSR count). The Labute approximate surface area is 142 Å². The zero-order valence-corrected chi connectivity index (χ0v) is 14.0. The number of hydrogen-bond donors (Lipinski definition) is 1. The number of rotatable bonds is 5. The molecule has 0 atom stereocenters. The zero-order valence-electron chi connectivity index (χ0n) is 13.3. The van der Waals surface area contributed by atoms with Gasteiger partial charge >= 0.3 is 0 Å². The predicted octanol–water partition coefficient (Wildman–Crippen LogP) is 1.53. The number of methoxy groups -OCH3 is 3. The highest BCUT2D eigenvalue weighted by molar-refractivity contribution is 6.33. The topological polar surface area (TPSA) is 110 Å². The minimum atomic E-state index is 0.0708. The number of nitrogens with two attached hydrogens (primary N) is 1. The van der Waals surface area contributed by atoms with Gasteiger partial charge in [-0.05, 0) is 0 Å². The van der Waals surface area contributed by atoms with Gasteiger partial charge in [0.15, 0.2) is 22.3 Å². The van der Waals surface area contributed by atoms with Crippen molar-refractivity contribution >= 4 is 28.7 Å². The van der Waals surface area contributed by atoms with Crippen LogP contribution in [-0.2, 0) is 6.54 Å². The molecular weight excluding hydrogens is 336 g/mol.